The maximum Gasteiger partial charge on any atom is 0.309 e. The highest BCUT2D eigenvalue weighted by Crippen LogP contribution is 2.37. The van der Waals surface area contributed by atoms with Gasteiger partial charge in [-0.15, -0.1) is 11.3 Å². The minimum Gasteiger partial charge on any atom is -0.466 e. The number of ether oxygens (including phenoxy) is 1. The average molecular weight is 385 g/mol. The van der Waals surface area contributed by atoms with Crippen molar-refractivity contribution in [1.29, 1.82) is 0 Å². The fourth-order valence-electron chi connectivity index (χ4n) is 3.41. The lowest BCUT2D eigenvalue weighted by Crippen LogP contribution is -2.37. The number of fused-ring (bicyclic) bond motifs is 1. The topological polar surface area (TPSA) is 55.3 Å². The van der Waals surface area contributed by atoms with Gasteiger partial charge in [-0.2, -0.15) is 0 Å². The second-order valence-electron chi connectivity index (χ2n) is 6.54. The largest absolute Gasteiger partial charge is 0.466 e. The third-order valence-electron chi connectivity index (χ3n) is 4.84. The van der Waals surface area contributed by atoms with Gasteiger partial charge in [-0.1, -0.05) is 12.1 Å². The Bertz CT molecular complexity index is 950. The second kappa shape index (κ2) is 7.60. The SMILES string of the molecule is CCOC(=O)C1CCN(c2ncnc3cc(-c4ccc(F)cc4)sc23)CC1. The fraction of sp³-hybridized carbons (Fsp3) is 0.350. The Morgan fingerprint density at radius 2 is 2.00 bits per heavy atom. The van der Waals surface area contributed by atoms with Crippen LogP contribution in [0.2, 0.25) is 0 Å². The van der Waals surface area contributed by atoms with Crippen LogP contribution in [0, 0.1) is 11.7 Å². The van der Waals surface area contributed by atoms with Gasteiger partial charge in [-0.25, -0.2) is 14.4 Å². The van der Waals surface area contributed by atoms with E-state index in [0.29, 0.717) is 6.61 Å². The summed E-state index contributed by atoms with van der Waals surface area (Å²) in [7, 11) is 0. The Hall–Kier alpha value is -2.54. The van der Waals surface area contributed by atoms with Crippen molar-refractivity contribution in [3.63, 3.8) is 0 Å². The zero-order valence-electron chi connectivity index (χ0n) is 15.0. The number of hydrogen-bond acceptors (Lipinski definition) is 6. The number of esters is 1. The lowest BCUT2D eigenvalue weighted by atomic mass is 9.97. The Labute approximate surface area is 160 Å². The molecule has 4 rings (SSSR count). The van der Waals surface area contributed by atoms with Gasteiger partial charge in [0.25, 0.3) is 0 Å². The van der Waals surface area contributed by atoms with Crippen molar-refractivity contribution in [2.24, 2.45) is 5.92 Å². The third kappa shape index (κ3) is 3.64. The van der Waals surface area contributed by atoms with Gasteiger partial charge in [0, 0.05) is 18.0 Å². The molecule has 0 amide bonds. The predicted octanol–water partition coefficient (Wildman–Crippen LogP) is 4.28. The van der Waals surface area contributed by atoms with Crippen LogP contribution in [0.15, 0.2) is 36.7 Å². The minimum absolute atomic E-state index is 0.0309. The summed E-state index contributed by atoms with van der Waals surface area (Å²) in [6.45, 7) is 3.78. The molecule has 0 saturated carbocycles. The van der Waals surface area contributed by atoms with E-state index in [4.69, 9.17) is 4.74 Å². The molecule has 1 fully saturated rings. The first-order chi connectivity index (χ1) is 13.2. The highest BCUT2D eigenvalue weighted by molar-refractivity contribution is 7.22. The molecule has 0 bridgehead atoms. The first kappa shape index (κ1) is 17.9. The first-order valence-electron chi connectivity index (χ1n) is 9.07. The van der Waals surface area contributed by atoms with Crippen molar-refractivity contribution in [2.45, 2.75) is 19.8 Å². The maximum absolute atomic E-state index is 13.2. The van der Waals surface area contributed by atoms with Gasteiger partial charge in [0.1, 0.15) is 18.0 Å². The van der Waals surface area contributed by atoms with E-state index >= 15 is 0 Å². The molecule has 140 valence electrons. The van der Waals surface area contributed by atoms with E-state index < -0.39 is 0 Å². The number of piperidine rings is 1. The van der Waals surface area contributed by atoms with Crippen LogP contribution < -0.4 is 4.90 Å². The molecule has 1 aliphatic heterocycles. The molecule has 1 aliphatic rings. The minimum atomic E-state index is -0.246. The second-order valence-corrected chi connectivity index (χ2v) is 7.59. The van der Waals surface area contributed by atoms with Crippen LogP contribution in [0.5, 0.6) is 0 Å². The van der Waals surface area contributed by atoms with Crippen LogP contribution in [0.1, 0.15) is 19.8 Å². The highest BCUT2D eigenvalue weighted by Gasteiger charge is 2.27. The maximum atomic E-state index is 13.2. The van der Waals surface area contributed by atoms with E-state index in [1.807, 2.05) is 13.0 Å². The van der Waals surface area contributed by atoms with Crippen LogP contribution in [0.3, 0.4) is 0 Å². The molecule has 5 nitrogen and oxygen atoms in total. The van der Waals surface area contributed by atoms with Gasteiger partial charge in [0.05, 0.1) is 22.7 Å². The predicted molar refractivity (Wildman–Crippen MR) is 104 cm³/mol. The zero-order valence-corrected chi connectivity index (χ0v) is 15.8. The highest BCUT2D eigenvalue weighted by atomic mass is 32.1. The summed E-state index contributed by atoms with van der Waals surface area (Å²) in [6, 6.07) is 8.50. The molecule has 2 aromatic heterocycles. The van der Waals surface area contributed by atoms with Crippen molar-refractivity contribution in [2.75, 3.05) is 24.6 Å². The summed E-state index contributed by atoms with van der Waals surface area (Å²) < 4.78 is 19.4. The van der Waals surface area contributed by atoms with Crippen LogP contribution >= 0.6 is 11.3 Å². The molecule has 0 aliphatic carbocycles. The summed E-state index contributed by atoms with van der Waals surface area (Å²) in [4.78, 5) is 24.1. The van der Waals surface area contributed by atoms with Crippen molar-refractivity contribution >= 4 is 33.3 Å². The van der Waals surface area contributed by atoms with E-state index in [2.05, 4.69) is 14.9 Å². The van der Waals surface area contributed by atoms with E-state index in [1.54, 1.807) is 29.8 Å². The van der Waals surface area contributed by atoms with Crippen molar-refractivity contribution in [3.05, 3.63) is 42.5 Å². The van der Waals surface area contributed by atoms with Gasteiger partial charge in [-0.05, 0) is 43.5 Å². The van der Waals surface area contributed by atoms with Gasteiger partial charge < -0.3 is 9.64 Å². The van der Waals surface area contributed by atoms with E-state index in [9.17, 15) is 9.18 Å². The number of thiophene rings is 1. The van der Waals surface area contributed by atoms with Crippen LogP contribution in [-0.2, 0) is 9.53 Å². The standard InChI is InChI=1S/C20H20FN3O2S/c1-2-26-20(25)14-7-9-24(10-8-14)19-18-16(22-12-23-19)11-17(27-18)13-3-5-15(21)6-4-13/h3-6,11-12,14H,2,7-10H2,1H3. The van der Waals surface area contributed by atoms with Gasteiger partial charge >= 0.3 is 5.97 Å². The third-order valence-corrected chi connectivity index (χ3v) is 6.00. The molecule has 0 N–H and O–H groups in total. The molecule has 7 heteroatoms. The van der Waals surface area contributed by atoms with Gasteiger partial charge in [-0.3, -0.25) is 4.79 Å². The summed E-state index contributed by atoms with van der Waals surface area (Å²) in [5, 5.41) is 0. The number of rotatable bonds is 4. The molecule has 0 radical (unpaired) electrons. The van der Waals surface area contributed by atoms with Crippen LogP contribution in [-0.4, -0.2) is 35.6 Å². The van der Waals surface area contributed by atoms with E-state index in [-0.39, 0.29) is 17.7 Å². The van der Waals surface area contributed by atoms with Crippen LogP contribution in [0.25, 0.3) is 20.7 Å². The van der Waals surface area contributed by atoms with Crippen molar-refractivity contribution in [3.8, 4) is 10.4 Å². The Morgan fingerprint density at radius 1 is 1.26 bits per heavy atom. The van der Waals surface area contributed by atoms with Crippen molar-refractivity contribution < 1.29 is 13.9 Å². The molecular weight excluding hydrogens is 365 g/mol. The Morgan fingerprint density at radius 3 is 2.70 bits per heavy atom. The summed E-state index contributed by atoms with van der Waals surface area (Å²) in [5.74, 6) is 0.529. The Balaban J connectivity index is 1.58. The number of hydrogen-bond donors (Lipinski definition) is 0. The zero-order chi connectivity index (χ0) is 18.8. The summed E-state index contributed by atoms with van der Waals surface area (Å²) >= 11 is 1.61. The van der Waals surface area contributed by atoms with Crippen LogP contribution in [0.4, 0.5) is 10.2 Å². The molecular formula is C20H20FN3O2S. The lowest BCUT2D eigenvalue weighted by molar-refractivity contribution is -0.148. The molecule has 0 spiro atoms. The number of nitrogens with zero attached hydrogens (tertiary/aromatic N) is 3. The number of aromatic nitrogens is 2. The average Bonchev–Trinajstić information content (AvgIpc) is 3.13. The van der Waals surface area contributed by atoms with Gasteiger partial charge in [0.15, 0.2) is 0 Å². The number of carbonyl (C=O) groups is 1. The van der Waals surface area contributed by atoms with E-state index in [0.717, 1.165) is 52.4 Å². The number of halogens is 1. The monoisotopic (exact) mass is 385 g/mol. The normalized spacial score (nSPS) is 15.3. The van der Waals surface area contributed by atoms with Gasteiger partial charge in [0.2, 0.25) is 0 Å². The van der Waals surface area contributed by atoms with E-state index in [1.165, 1.54) is 12.1 Å². The molecule has 0 atom stereocenters. The summed E-state index contributed by atoms with van der Waals surface area (Å²) in [6.07, 6.45) is 3.11. The molecule has 0 unspecified atom stereocenters. The quantitative estimate of drug-likeness (QED) is 0.628. The molecule has 1 saturated heterocycles. The number of anilines is 1. The lowest BCUT2D eigenvalue weighted by Gasteiger charge is -2.31. The molecule has 27 heavy (non-hydrogen) atoms. The number of carbonyl (C=O) groups excluding carboxylic acids is 1. The van der Waals surface area contributed by atoms with Crippen molar-refractivity contribution in [1.82, 2.24) is 9.97 Å². The Kier molecular flexibility index (Phi) is 5.03. The smallest absolute Gasteiger partial charge is 0.309 e. The summed E-state index contributed by atoms with van der Waals surface area (Å²) in [5.41, 5.74) is 1.85. The molecule has 1 aromatic carbocycles. The number of benzene rings is 1. The first-order valence-corrected chi connectivity index (χ1v) is 9.89. The molecule has 3 heterocycles. The molecule has 3 aromatic rings. The fourth-order valence-corrected chi connectivity index (χ4v) is 4.54.